The van der Waals surface area contributed by atoms with E-state index in [0.29, 0.717) is 0 Å². The second-order valence-electron chi connectivity index (χ2n) is 2.92. The summed E-state index contributed by atoms with van der Waals surface area (Å²) in [7, 11) is -8.63. The lowest BCUT2D eigenvalue weighted by molar-refractivity contribution is 0.468. The van der Waals surface area contributed by atoms with Crippen molar-refractivity contribution in [2.45, 2.75) is 14.9 Å². The van der Waals surface area contributed by atoms with Crippen LogP contribution in [0.15, 0.2) is 12.7 Å². The molecule has 10 heteroatoms. The van der Waals surface area contributed by atoms with Gasteiger partial charge in [0.05, 0.1) is 10.6 Å². The van der Waals surface area contributed by atoms with Crippen LogP contribution in [0.2, 0.25) is 0 Å². The summed E-state index contributed by atoms with van der Waals surface area (Å²) >= 11 is 5.83. The van der Waals surface area contributed by atoms with Gasteiger partial charge in [-0.2, -0.15) is 16.8 Å². The van der Waals surface area contributed by atoms with Gasteiger partial charge in [0, 0.05) is 4.83 Å². The summed E-state index contributed by atoms with van der Waals surface area (Å²) in [5.41, 5.74) is 0. The molecule has 0 rings (SSSR count). The van der Waals surface area contributed by atoms with Crippen LogP contribution in [0, 0.1) is 0 Å². The molecule has 0 radical (unpaired) electrons. The molecule has 0 fully saturated rings. The number of rotatable bonds is 6. The molecule has 0 aliphatic carbocycles. The first-order valence-electron chi connectivity index (χ1n) is 3.81. The molecule has 0 heterocycles. The fourth-order valence-corrected chi connectivity index (χ4v) is 5.29. The van der Waals surface area contributed by atoms with E-state index < -0.39 is 40.9 Å². The third kappa shape index (κ3) is 5.73. The highest BCUT2D eigenvalue weighted by atomic mass is 79.9. The summed E-state index contributed by atoms with van der Waals surface area (Å²) in [4.78, 5) is -1.84. The molecule has 0 amide bonds. The molecule has 0 saturated heterocycles. The van der Waals surface area contributed by atoms with Gasteiger partial charge in [-0.25, -0.2) is 0 Å². The lowest BCUT2D eigenvalue weighted by atomic mass is 10.2. The Kier molecular flexibility index (Phi) is 6.11. The van der Waals surface area contributed by atoms with Crippen LogP contribution in [0.4, 0.5) is 0 Å². The fraction of sp³-hybridized carbons (Fsp3) is 0.667. The quantitative estimate of drug-likeness (QED) is 0.388. The van der Waals surface area contributed by atoms with Crippen LogP contribution in [0.1, 0.15) is 0 Å². The molecule has 6 nitrogen and oxygen atoms in total. The van der Waals surface area contributed by atoms with Crippen molar-refractivity contribution < 1.29 is 25.9 Å². The van der Waals surface area contributed by atoms with E-state index in [4.69, 9.17) is 9.11 Å². The molecule has 16 heavy (non-hydrogen) atoms. The summed E-state index contributed by atoms with van der Waals surface area (Å²) in [6, 6.07) is 0. The third-order valence-corrected chi connectivity index (χ3v) is 7.15. The SMILES string of the molecule is C=CC(C(Br)C(Br)CS(=O)(=O)O)S(=O)(=O)O. The second kappa shape index (κ2) is 5.91. The summed E-state index contributed by atoms with van der Waals surface area (Å²) in [6.45, 7) is 3.23. The van der Waals surface area contributed by atoms with Crippen molar-refractivity contribution in [3.63, 3.8) is 0 Å². The van der Waals surface area contributed by atoms with E-state index in [1.165, 1.54) is 0 Å². The molecule has 0 aliphatic heterocycles. The molecule has 0 aromatic rings. The van der Waals surface area contributed by atoms with Crippen LogP contribution < -0.4 is 0 Å². The maximum atomic E-state index is 10.9. The Balaban J connectivity index is 4.91. The van der Waals surface area contributed by atoms with Gasteiger partial charge >= 0.3 is 0 Å². The van der Waals surface area contributed by atoms with Gasteiger partial charge in [-0.1, -0.05) is 37.9 Å². The van der Waals surface area contributed by atoms with Gasteiger partial charge < -0.3 is 0 Å². The van der Waals surface area contributed by atoms with Crippen molar-refractivity contribution in [2.24, 2.45) is 0 Å². The minimum Gasteiger partial charge on any atom is -0.286 e. The van der Waals surface area contributed by atoms with E-state index in [1.807, 2.05) is 0 Å². The Hall–Kier alpha value is 0.520. The molecule has 0 spiro atoms. The van der Waals surface area contributed by atoms with E-state index in [2.05, 4.69) is 38.4 Å². The standard InChI is InChI=1S/C6H10Br2O6S2/c1-2-5(16(12,13)14)6(8)4(7)3-15(9,10)11/h2,4-6H,1,3H2,(H,9,10,11)(H,12,13,14). The Bertz CT molecular complexity index is 442. The Morgan fingerprint density at radius 1 is 1.19 bits per heavy atom. The summed E-state index contributed by atoms with van der Waals surface area (Å²) in [5.74, 6) is -0.692. The fourth-order valence-electron chi connectivity index (χ4n) is 0.915. The van der Waals surface area contributed by atoms with Gasteiger partial charge in [0.1, 0.15) is 5.25 Å². The maximum absolute atomic E-state index is 10.9. The lowest BCUT2D eigenvalue weighted by Gasteiger charge is -2.20. The van der Waals surface area contributed by atoms with Gasteiger partial charge in [-0.05, 0) is 0 Å². The number of hydrogen-bond acceptors (Lipinski definition) is 4. The van der Waals surface area contributed by atoms with Crippen molar-refractivity contribution in [2.75, 3.05) is 5.75 Å². The zero-order valence-electron chi connectivity index (χ0n) is 7.82. The number of halogens is 2. The average Bonchev–Trinajstić information content (AvgIpc) is 1.99. The van der Waals surface area contributed by atoms with Crippen molar-refractivity contribution >= 4 is 52.1 Å². The smallest absolute Gasteiger partial charge is 0.272 e. The molecule has 3 atom stereocenters. The van der Waals surface area contributed by atoms with Gasteiger partial charge in [-0.15, -0.1) is 6.58 Å². The summed E-state index contributed by atoms with van der Waals surface area (Å²) in [6.07, 6.45) is 0.965. The Labute approximate surface area is 111 Å². The van der Waals surface area contributed by atoms with Crippen molar-refractivity contribution in [1.82, 2.24) is 0 Å². The van der Waals surface area contributed by atoms with E-state index in [0.717, 1.165) is 6.08 Å². The summed E-state index contributed by atoms with van der Waals surface area (Å²) in [5, 5.41) is -1.38. The highest BCUT2D eigenvalue weighted by Gasteiger charge is 2.34. The topological polar surface area (TPSA) is 109 Å². The van der Waals surface area contributed by atoms with E-state index in [1.54, 1.807) is 0 Å². The van der Waals surface area contributed by atoms with Crippen LogP contribution >= 0.6 is 31.9 Å². The van der Waals surface area contributed by atoms with Gasteiger partial charge in [0.2, 0.25) is 0 Å². The number of hydrogen-bond donors (Lipinski definition) is 2. The van der Waals surface area contributed by atoms with Crippen LogP contribution in [0.3, 0.4) is 0 Å². The maximum Gasteiger partial charge on any atom is 0.272 e. The van der Waals surface area contributed by atoms with E-state index in [9.17, 15) is 16.8 Å². The first-order valence-corrected chi connectivity index (χ1v) is 8.75. The number of alkyl halides is 2. The monoisotopic (exact) mass is 400 g/mol. The minimum atomic E-state index is -4.39. The van der Waals surface area contributed by atoms with E-state index >= 15 is 0 Å². The molecule has 2 N–H and O–H groups in total. The van der Waals surface area contributed by atoms with Crippen LogP contribution in [0.25, 0.3) is 0 Å². The van der Waals surface area contributed by atoms with Crippen molar-refractivity contribution in [3.8, 4) is 0 Å². The molecule has 0 aromatic heterocycles. The van der Waals surface area contributed by atoms with Crippen LogP contribution in [-0.2, 0) is 20.2 Å². The zero-order chi connectivity index (χ0) is 13.1. The molecular weight excluding hydrogens is 392 g/mol. The molecule has 0 aliphatic rings. The largest absolute Gasteiger partial charge is 0.286 e. The Morgan fingerprint density at radius 3 is 1.88 bits per heavy atom. The molecule has 0 bridgehead atoms. The average molecular weight is 402 g/mol. The third-order valence-electron chi connectivity index (χ3n) is 1.61. The van der Waals surface area contributed by atoms with Gasteiger partial charge in [0.25, 0.3) is 20.2 Å². The van der Waals surface area contributed by atoms with Gasteiger partial charge in [0.15, 0.2) is 0 Å². The molecule has 3 unspecified atom stereocenters. The molecular formula is C6H10Br2O6S2. The van der Waals surface area contributed by atoms with Crippen molar-refractivity contribution in [1.29, 1.82) is 0 Å². The zero-order valence-corrected chi connectivity index (χ0v) is 12.6. The highest BCUT2D eigenvalue weighted by Crippen LogP contribution is 2.24. The van der Waals surface area contributed by atoms with Crippen molar-refractivity contribution in [3.05, 3.63) is 12.7 Å². The molecule has 0 saturated carbocycles. The predicted molar refractivity (Wildman–Crippen MR) is 67.4 cm³/mol. The lowest BCUT2D eigenvalue weighted by Crippen LogP contribution is -2.37. The Morgan fingerprint density at radius 2 is 1.62 bits per heavy atom. The van der Waals surface area contributed by atoms with E-state index in [-0.39, 0.29) is 0 Å². The molecule has 0 aromatic carbocycles. The summed E-state index contributed by atoms with van der Waals surface area (Å²) < 4.78 is 60.3. The molecule has 96 valence electrons. The second-order valence-corrected chi connectivity index (χ2v) is 8.23. The first-order chi connectivity index (χ1) is 6.99. The predicted octanol–water partition coefficient (Wildman–Crippen LogP) is 0.844. The van der Waals surface area contributed by atoms with Gasteiger partial charge in [-0.3, -0.25) is 9.11 Å². The van der Waals surface area contributed by atoms with Crippen LogP contribution in [-0.4, -0.2) is 46.6 Å². The first kappa shape index (κ1) is 16.5. The highest BCUT2D eigenvalue weighted by molar-refractivity contribution is 9.12. The van der Waals surface area contributed by atoms with Crippen LogP contribution in [0.5, 0.6) is 0 Å². The minimum absolute atomic E-state index is 0.692. The normalized spacial score (nSPS) is 18.8.